The first-order chi connectivity index (χ1) is 22.7. The summed E-state index contributed by atoms with van der Waals surface area (Å²) in [5, 5.41) is 0. The van der Waals surface area contributed by atoms with Crippen LogP contribution in [0.3, 0.4) is 0 Å². The van der Waals surface area contributed by atoms with Crippen LogP contribution in [0, 0.1) is 5.92 Å². The average molecular weight is 648 g/mol. The highest BCUT2D eigenvalue weighted by molar-refractivity contribution is 5.78. The van der Waals surface area contributed by atoms with Crippen LogP contribution in [0.25, 0.3) is 0 Å². The van der Waals surface area contributed by atoms with Crippen LogP contribution in [0.15, 0.2) is 36.8 Å². The predicted molar refractivity (Wildman–Crippen MR) is 180 cm³/mol. The van der Waals surface area contributed by atoms with Gasteiger partial charge in [0.15, 0.2) is 0 Å². The molecule has 0 N–H and O–H groups in total. The van der Waals surface area contributed by atoms with Crippen molar-refractivity contribution in [2.45, 2.75) is 71.1 Å². The van der Waals surface area contributed by atoms with Gasteiger partial charge in [-0.3, -0.25) is 14.6 Å². The zero-order valence-electron chi connectivity index (χ0n) is 28.6. The van der Waals surface area contributed by atoms with Gasteiger partial charge in [-0.1, -0.05) is 12.1 Å². The predicted octanol–water partition coefficient (Wildman–Crippen LogP) is 3.84. The molecule has 0 spiro atoms. The van der Waals surface area contributed by atoms with Crippen LogP contribution in [-0.2, 0) is 22.6 Å². The minimum atomic E-state index is -0.442. The fraction of sp³-hybridized carbons (Fsp3) is 0.667. The fourth-order valence-corrected chi connectivity index (χ4v) is 7.38. The van der Waals surface area contributed by atoms with Crippen LogP contribution >= 0.6 is 0 Å². The number of nitrogens with zero attached hydrogens (tertiary/aromatic N) is 7. The summed E-state index contributed by atoms with van der Waals surface area (Å²) in [4.78, 5) is 45.3. The molecule has 4 aliphatic heterocycles. The molecule has 1 aromatic carbocycles. The summed E-state index contributed by atoms with van der Waals surface area (Å²) >= 11 is 0. The SMILES string of the molecule is CC(C)(C)OC(=O)N1CCC(CN2CCN(CCOc3cccc([C@H]4CCCN(C(=O)CN5Cc6cncnc6C5)C4)c3)CC2)CC1. The quantitative estimate of drug-likeness (QED) is 0.403. The molecule has 47 heavy (non-hydrogen) atoms. The number of aromatic nitrogens is 2. The molecule has 4 aliphatic rings. The van der Waals surface area contributed by atoms with Crippen molar-refractivity contribution in [1.29, 1.82) is 0 Å². The maximum absolute atomic E-state index is 13.2. The van der Waals surface area contributed by atoms with Gasteiger partial charge in [0.1, 0.15) is 24.3 Å². The van der Waals surface area contributed by atoms with E-state index >= 15 is 0 Å². The van der Waals surface area contributed by atoms with E-state index in [4.69, 9.17) is 9.47 Å². The van der Waals surface area contributed by atoms with Crippen molar-refractivity contribution in [3.05, 3.63) is 53.6 Å². The molecule has 1 atom stereocenters. The summed E-state index contributed by atoms with van der Waals surface area (Å²) in [7, 11) is 0. The van der Waals surface area contributed by atoms with Crippen LogP contribution in [0.5, 0.6) is 5.75 Å². The largest absolute Gasteiger partial charge is 0.492 e. The molecule has 11 heteroatoms. The molecule has 0 unspecified atom stereocenters. The smallest absolute Gasteiger partial charge is 0.410 e. The Bertz CT molecular complexity index is 1330. The third-order valence-electron chi connectivity index (χ3n) is 10.0. The van der Waals surface area contributed by atoms with E-state index in [1.54, 1.807) is 6.33 Å². The molecule has 0 radical (unpaired) electrons. The van der Waals surface area contributed by atoms with E-state index in [1.807, 2.05) is 36.8 Å². The van der Waals surface area contributed by atoms with Gasteiger partial charge in [-0.25, -0.2) is 14.8 Å². The standard InChI is InChI=1S/C36H53N7O4/c1-36(2,3)47-35(45)42-12-9-28(10-13-42)22-40-16-14-39(15-17-40)18-19-46-32-8-4-6-29(20-32)30-7-5-11-43(24-30)34(44)26-41-23-31-21-37-27-38-33(31)25-41/h4,6,8,20-21,27-28,30H,5,7,9-19,22-26H2,1-3H3/t30-/m0/s1. The number of fused-ring (bicyclic) bond motifs is 1. The zero-order valence-corrected chi connectivity index (χ0v) is 28.6. The van der Waals surface area contributed by atoms with Crippen LogP contribution in [0.4, 0.5) is 4.79 Å². The summed E-state index contributed by atoms with van der Waals surface area (Å²) in [6.07, 6.45) is 7.47. The molecule has 2 amide bonds. The normalized spacial score (nSPS) is 21.9. The second-order valence-electron chi connectivity index (χ2n) is 14.8. The molecule has 3 saturated heterocycles. The van der Waals surface area contributed by atoms with Crippen molar-refractivity contribution in [3.8, 4) is 5.75 Å². The van der Waals surface area contributed by atoms with Crippen molar-refractivity contribution in [2.24, 2.45) is 5.92 Å². The maximum Gasteiger partial charge on any atom is 0.410 e. The highest BCUT2D eigenvalue weighted by Gasteiger charge is 2.30. The Hall–Kier alpha value is -3.28. The number of carbonyl (C=O) groups is 2. The van der Waals surface area contributed by atoms with Gasteiger partial charge in [0.25, 0.3) is 0 Å². The number of piperazine rings is 1. The van der Waals surface area contributed by atoms with E-state index in [0.717, 1.165) is 115 Å². The van der Waals surface area contributed by atoms with E-state index in [0.29, 0.717) is 31.5 Å². The molecule has 256 valence electrons. The minimum absolute atomic E-state index is 0.178. The fourth-order valence-electron chi connectivity index (χ4n) is 7.38. The van der Waals surface area contributed by atoms with Crippen LogP contribution < -0.4 is 4.74 Å². The summed E-state index contributed by atoms with van der Waals surface area (Å²) < 4.78 is 11.8. The average Bonchev–Trinajstić information content (AvgIpc) is 3.48. The van der Waals surface area contributed by atoms with E-state index in [9.17, 15) is 9.59 Å². The highest BCUT2D eigenvalue weighted by Crippen LogP contribution is 2.30. The van der Waals surface area contributed by atoms with Gasteiger partial charge in [-0.05, 0) is 70.1 Å². The maximum atomic E-state index is 13.2. The molecule has 3 fully saturated rings. The van der Waals surface area contributed by atoms with Gasteiger partial charge in [-0.2, -0.15) is 0 Å². The topological polar surface area (TPSA) is 94.6 Å². The number of rotatable bonds is 9. The Morgan fingerprint density at radius 1 is 0.915 bits per heavy atom. The molecule has 0 saturated carbocycles. The first-order valence-electron chi connectivity index (χ1n) is 17.6. The third kappa shape index (κ3) is 9.42. The van der Waals surface area contributed by atoms with E-state index in [2.05, 4.69) is 48.9 Å². The number of benzene rings is 1. The number of amides is 2. The molecule has 0 aliphatic carbocycles. The number of carbonyl (C=O) groups excluding carboxylic acids is 2. The summed E-state index contributed by atoms with van der Waals surface area (Å²) in [6.45, 7) is 17.8. The summed E-state index contributed by atoms with van der Waals surface area (Å²) in [5.41, 5.74) is 2.98. The van der Waals surface area contributed by atoms with Gasteiger partial charge < -0.3 is 24.2 Å². The lowest BCUT2D eigenvalue weighted by Gasteiger charge is -2.39. The van der Waals surface area contributed by atoms with E-state index in [-0.39, 0.29) is 12.0 Å². The molecule has 1 aromatic heterocycles. The summed E-state index contributed by atoms with van der Waals surface area (Å²) in [5.74, 6) is 2.09. The van der Waals surface area contributed by atoms with Gasteiger partial charge >= 0.3 is 6.09 Å². The molecule has 5 heterocycles. The lowest BCUT2D eigenvalue weighted by molar-refractivity contribution is -0.133. The molecular formula is C36H53N7O4. The van der Waals surface area contributed by atoms with E-state index in [1.165, 1.54) is 5.56 Å². The first-order valence-corrected chi connectivity index (χ1v) is 17.6. The Kier molecular flexibility index (Phi) is 10.9. The van der Waals surface area contributed by atoms with Crippen molar-refractivity contribution >= 4 is 12.0 Å². The zero-order chi connectivity index (χ0) is 32.8. The molecule has 6 rings (SSSR count). The monoisotopic (exact) mass is 647 g/mol. The second kappa shape index (κ2) is 15.3. The number of piperidine rings is 2. The minimum Gasteiger partial charge on any atom is -0.492 e. The Morgan fingerprint density at radius 2 is 1.70 bits per heavy atom. The highest BCUT2D eigenvalue weighted by atomic mass is 16.6. The van der Waals surface area contributed by atoms with Gasteiger partial charge in [0, 0.05) is 96.2 Å². The van der Waals surface area contributed by atoms with Crippen molar-refractivity contribution in [1.82, 2.24) is 34.5 Å². The number of likely N-dealkylation sites (tertiary alicyclic amines) is 2. The third-order valence-corrected chi connectivity index (χ3v) is 10.0. The van der Waals surface area contributed by atoms with Crippen molar-refractivity contribution in [2.75, 3.05) is 78.6 Å². The van der Waals surface area contributed by atoms with Gasteiger partial charge in [-0.15, -0.1) is 0 Å². The number of hydrogen-bond acceptors (Lipinski definition) is 9. The van der Waals surface area contributed by atoms with Gasteiger partial charge in [0.05, 0.1) is 12.2 Å². The number of hydrogen-bond donors (Lipinski definition) is 0. The van der Waals surface area contributed by atoms with Gasteiger partial charge in [0.2, 0.25) is 5.91 Å². The molecule has 11 nitrogen and oxygen atoms in total. The van der Waals surface area contributed by atoms with Crippen molar-refractivity contribution in [3.63, 3.8) is 0 Å². The molecule has 0 bridgehead atoms. The Labute approximate surface area is 280 Å². The Morgan fingerprint density at radius 3 is 2.47 bits per heavy atom. The lowest BCUT2D eigenvalue weighted by atomic mass is 9.90. The second-order valence-corrected chi connectivity index (χ2v) is 14.8. The van der Waals surface area contributed by atoms with Crippen LogP contribution in [0.1, 0.15) is 69.2 Å². The van der Waals surface area contributed by atoms with Crippen molar-refractivity contribution < 1.29 is 19.1 Å². The first kappa shape index (κ1) is 33.6. The summed E-state index contributed by atoms with van der Waals surface area (Å²) in [6, 6.07) is 8.50. The Balaban J connectivity index is 0.880. The molecular weight excluding hydrogens is 594 g/mol. The molecule has 2 aromatic rings. The number of ether oxygens (including phenoxy) is 2. The van der Waals surface area contributed by atoms with Crippen LogP contribution in [-0.4, -0.2) is 131 Å². The van der Waals surface area contributed by atoms with E-state index < -0.39 is 5.60 Å². The van der Waals surface area contributed by atoms with Crippen LogP contribution in [0.2, 0.25) is 0 Å². The lowest BCUT2D eigenvalue weighted by Crippen LogP contribution is -2.50.